The van der Waals surface area contributed by atoms with Crippen molar-refractivity contribution in [2.24, 2.45) is 0 Å². The van der Waals surface area contributed by atoms with Crippen molar-refractivity contribution in [3.8, 4) is 73.2 Å². The minimum atomic E-state index is 0.629. The SMILES string of the molecule is c1ccc(-c2ccccc2-c2nc(-c3ccc(-c4ccc(-c5ccccc5-n5c6ccccc6c6ccccc65)c5ccccc45)cc3)nc(-c3cccc4c3sc3ccccc34)n2)cc1. The molecule has 13 aromatic rings. The molecule has 3 heterocycles. The van der Waals surface area contributed by atoms with Crippen LogP contribution in [0.5, 0.6) is 0 Å². The average molecular weight is 859 g/mol. The standard InChI is InChI=1S/C61H38N4S/c1-2-17-39(18-3-1)42-19-4-7-26-52(42)60-62-59(63-61(64-60)53-28-16-27-51-50-25-11-15-32-57(50)66-58(51)53)41-35-33-40(34-36-41)43-37-38-46(45-21-6-5-20-44(43)45)47-22-8-12-29-54(47)65-55-30-13-9-23-48(55)49-24-10-14-31-56(49)65/h1-38H. The molecule has 0 spiro atoms. The summed E-state index contributed by atoms with van der Waals surface area (Å²) < 4.78 is 4.83. The molecule has 5 heteroatoms. The van der Waals surface area contributed by atoms with Gasteiger partial charge in [-0.25, -0.2) is 15.0 Å². The van der Waals surface area contributed by atoms with Crippen molar-refractivity contribution in [1.29, 1.82) is 0 Å². The highest BCUT2D eigenvalue weighted by atomic mass is 32.1. The van der Waals surface area contributed by atoms with Gasteiger partial charge in [0.15, 0.2) is 17.5 Å². The Bertz CT molecular complexity index is 3940. The van der Waals surface area contributed by atoms with Crippen LogP contribution in [-0.4, -0.2) is 19.5 Å². The van der Waals surface area contributed by atoms with E-state index in [4.69, 9.17) is 15.0 Å². The lowest BCUT2D eigenvalue weighted by molar-refractivity contribution is 1.08. The minimum absolute atomic E-state index is 0.629. The smallest absolute Gasteiger partial charge is 0.165 e. The molecule has 0 aliphatic heterocycles. The van der Waals surface area contributed by atoms with Gasteiger partial charge in [0.1, 0.15) is 0 Å². The molecule has 0 bridgehead atoms. The van der Waals surface area contributed by atoms with Crippen molar-refractivity contribution in [2.75, 3.05) is 0 Å². The molecule has 0 aliphatic carbocycles. The predicted octanol–water partition coefficient (Wildman–Crippen LogP) is 16.5. The highest BCUT2D eigenvalue weighted by Gasteiger charge is 2.20. The molecule has 308 valence electrons. The van der Waals surface area contributed by atoms with Gasteiger partial charge in [-0.2, -0.15) is 0 Å². The van der Waals surface area contributed by atoms with Crippen LogP contribution in [0.2, 0.25) is 0 Å². The number of fused-ring (bicyclic) bond motifs is 7. The second kappa shape index (κ2) is 15.6. The molecular weight excluding hydrogens is 821 g/mol. The van der Waals surface area contributed by atoms with Gasteiger partial charge in [0.2, 0.25) is 0 Å². The first-order chi connectivity index (χ1) is 32.7. The number of aromatic nitrogens is 4. The van der Waals surface area contributed by atoms with Crippen LogP contribution in [0.4, 0.5) is 0 Å². The van der Waals surface area contributed by atoms with Gasteiger partial charge in [-0.15, -0.1) is 11.3 Å². The number of benzene rings is 10. The predicted molar refractivity (Wildman–Crippen MR) is 277 cm³/mol. The Balaban J connectivity index is 0.938. The summed E-state index contributed by atoms with van der Waals surface area (Å²) in [6.07, 6.45) is 0. The van der Waals surface area contributed by atoms with Crippen LogP contribution < -0.4 is 0 Å². The second-order valence-corrected chi connectivity index (χ2v) is 17.7. The lowest BCUT2D eigenvalue weighted by atomic mass is 9.91. The number of hydrogen-bond acceptors (Lipinski definition) is 4. The van der Waals surface area contributed by atoms with Gasteiger partial charge in [-0.05, 0) is 68.9 Å². The summed E-state index contributed by atoms with van der Waals surface area (Å²) in [6, 6.07) is 82.2. The van der Waals surface area contributed by atoms with Crippen molar-refractivity contribution in [3.63, 3.8) is 0 Å². The van der Waals surface area contributed by atoms with E-state index in [1.54, 1.807) is 11.3 Å². The Morgan fingerprint density at radius 3 is 1.50 bits per heavy atom. The molecule has 0 saturated carbocycles. The largest absolute Gasteiger partial charge is 0.309 e. The molecule has 10 aromatic carbocycles. The topological polar surface area (TPSA) is 43.6 Å². The molecule has 66 heavy (non-hydrogen) atoms. The van der Waals surface area contributed by atoms with Crippen LogP contribution >= 0.6 is 11.3 Å². The third kappa shape index (κ3) is 6.24. The van der Waals surface area contributed by atoms with E-state index in [0.717, 1.165) is 39.1 Å². The monoisotopic (exact) mass is 858 g/mol. The minimum Gasteiger partial charge on any atom is -0.309 e. The van der Waals surface area contributed by atoms with Crippen LogP contribution in [-0.2, 0) is 0 Å². The van der Waals surface area contributed by atoms with Crippen molar-refractivity contribution < 1.29 is 0 Å². The third-order valence-corrected chi connectivity index (χ3v) is 14.1. The number of hydrogen-bond donors (Lipinski definition) is 0. The molecule has 0 radical (unpaired) electrons. The maximum Gasteiger partial charge on any atom is 0.165 e. The first-order valence-corrected chi connectivity index (χ1v) is 23.1. The Morgan fingerprint density at radius 2 is 0.758 bits per heavy atom. The van der Waals surface area contributed by atoms with Crippen LogP contribution in [0.25, 0.3) is 126 Å². The van der Waals surface area contributed by atoms with Gasteiger partial charge in [0.05, 0.1) is 16.7 Å². The van der Waals surface area contributed by atoms with Crippen LogP contribution in [0.15, 0.2) is 231 Å². The summed E-state index contributed by atoms with van der Waals surface area (Å²) in [7, 11) is 0. The molecule has 0 aliphatic rings. The lowest BCUT2D eigenvalue weighted by Gasteiger charge is -2.17. The highest BCUT2D eigenvalue weighted by molar-refractivity contribution is 7.26. The first-order valence-electron chi connectivity index (χ1n) is 22.3. The normalized spacial score (nSPS) is 11.6. The Hall–Kier alpha value is -8.51. The molecule has 0 unspecified atom stereocenters. The number of para-hydroxylation sites is 3. The molecule has 0 atom stereocenters. The van der Waals surface area contributed by atoms with E-state index in [1.807, 2.05) is 6.07 Å². The Labute approximate surface area is 385 Å². The molecule has 4 nitrogen and oxygen atoms in total. The summed E-state index contributed by atoms with van der Waals surface area (Å²) in [5, 5.41) is 7.35. The van der Waals surface area contributed by atoms with E-state index in [-0.39, 0.29) is 0 Å². The van der Waals surface area contributed by atoms with E-state index in [1.165, 1.54) is 69.4 Å². The quantitative estimate of drug-likeness (QED) is 0.160. The summed E-state index contributed by atoms with van der Waals surface area (Å²) in [6.45, 7) is 0. The van der Waals surface area contributed by atoms with Gasteiger partial charge < -0.3 is 4.57 Å². The first kappa shape index (κ1) is 38.0. The summed E-state index contributed by atoms with van der Waals surface area (Å²) >= 11 is 1.79. The van der Waals surface area contributed by atoms with Crippen molar-refractivity contribution >= 4 is 64.1 Å². The average Bonchev–Trinajstić information content (AvgIpc) is 3.95. The fourth-order valence-corrected chi connectivity index (χ4v) is 11.1. The second-order valence-electron chi connectivity index (χ2n) is 16.7. The van der Waals surface area contributed by atoms with Crippen LogP contribution in [0.3, 0.4) is 0 Å². The van der Waals surface area contributed by atoms with Gasteiger partial charge in [0, 0.05) is 53.2 Å². The fraction of sp³-hybridized carbons (Fsp3) is 0. The van der Waals surface area contributed by atoms with Crippen LogP contribution in [0.1, 0.15) is 0 Å². The van der Waals surface area contributed by atoms with Crippen molar-refractivity contribution in [1.82, 2.24) is 19.5 Å². The molecule has 3 aromatic heterocycles. The highest BCUT2D eigenvalue weighted by Crippen LogP contribution is 2.43. The zero-order valence-corrected chi connectivity index (χ0v) is 36.5. The summed E-state index contributed by atoms with van der Waals surface area (Å²) in [4.78, 5) is 15.8. The van der Waals surface area contributed by atoms with Gasteiger partial charge in [-0.3, -0.25) is 0 Å². The third-order valence-electron chi connectivity index (χ3n) is 12.9. The van der Waals surface area contributed by atoms with Crippen molar-refractivity contribution in [3.05, 3.63) is 231 Å². The molecule has 0 N–H and O–H groups in total. The molecular formula is C61H38N4S. The van der Waals surface area contributed by atoms with E-state index >= 15 is 0 Å². The molecule has 13 rings (SSSR count). The zero-order valence-electron chi connectivity index (χ0n) is 35.6. The maximum absolute atomic E-state index is 5.27. The maximum atomic E-state index is 5.27. The van der Waals surface area contributed by atoms with Gasteiger partial charge in [-0.1, -0.05) is 200 Å². The number of rotatable bonds is 7. The zero-order chi connectivity index (χ0) is 43.6. The summed E-state index contributed by atoms with van der Waals surface area (Å²) in [5.41, 5.74) is 13.3. The van der Waals surface area contributed by atoms with Crippen LogP contribution in [0, 0.1) is 0 Å². The lowest BCUT2D eigenvalue weighted by Crippen LogP contribution is -2.01. The van der Waals surface area contributed by atoms with E-state index in [2.05, 4.69) is 229 Å². The molecule has 0 saturated heterocycles. The molecule has 0 fully saturated rings. The summed E-state index contributed by atoms with van der Waals surface area (Å²) in [5.74, 6) is 1.92. The number of thiophene rings is 1. The van der Waals surface area contributed by atoms with E-state index in [9.17, 15) is 0 Å². The fourth-order valence-electron chi connectivity index (χ4n) is 9.88. The van der Waals surface area contributed by atoms with Crippen molar-refractivity contribution in [2.45, 2.75) is 0 Å². The van der Waals surface area contributed by atoms with E-state index in [0.29, 0.717) is 17.5 Å². The Morgan fingerprint density at radius 1 is 0.273 bits per heavy atom. The van der Waals surface area contributed by atoms with Gasteiger partial charge in [0.25, 0.3) is 0 Å². The number of nitrogens with zero attached hydrogens (tertiary/aromatic N) is 4. The molecule has 0 amide bonds. The Kier molecular flexibility index (Phi) is 9.00. The van der Waals surface area contributed by atoms with E-state index < -0.39 is 0 Å². The van der Waals surface area contributed by atoms with Gasteiger partial charge >= 0.3 is 0 Å².